The fourth-order valence-corrected chi connectivity index (χ4v) is 2.01. The number of hydrogen-bond acceptors (Lipinski definition) is 3. The molecule has 8 heteroatoms. The molecule has 0 aromatic carbocycles. The Labute approximate surface area is 122 Å². The number of likely N-dealkylation sites (N-methyl/N-ethyl adjacent to an activating group) is 1. The molecular weight excluding hydrogens is 282 g/mol. The van der Waals surface area contributed by atoms with Gasteiger partial charge >= 0.3 is 5.69 Å². The lowest BCUT2D eigenvalue weighted by atomic mass is 10.3. The van der Waals surface area contributed by atoms with Crippen molar-refractivity contribution in [2.24, 2.45) is 14.1 Å². The lowest BCUT2D eigenvalue weighted by molar-refractivity contribution is -0.884. The van der Waals surface area contributed by atoms with Crippen LogP contribution in [0.1, 0.15) is 6.92 Å². The van der Waals surface area contributed by atoms with Gasteiger partial charge in [0.05, 0.1) is 27.0 Å². The van der Waals surface area contributed by atoms with Gasteiger partial charge in [-0.05, 0) is 6.92 Å². The third kappa shape index (κ3) is 2.51. The predicted molar refractivity (Wildman–Crippen MR) is 72.5 cm³/mol. The Balaban J connectivity index is 0.00000200. The zero-order valence-corrected chi connectivity index (χ0v) is 13.1. The number of nitrogens with zero attached hydrogens (tertiary/aromatic N) is 4. The summed E-state index contributed by atoms with van der Waals surface area (Å²) in [6.45, 7) is 2.79. The second-order valence-electron chi connectivity index (χ2n) is 5.25. The van der Waals surface area contributed by atoms with E-state index in [0.29, 0.717) is 23.8 Å². The third-order valence-corrected chi connectivity index (χ3v) is 3.67. The first-order valence-corrected chi connectivity index (χ1v) is 6.25. The molecule has 1 unspecified atom stereocenters. The van der Waals surface area contributed by atoms with Gasteiger partial charge in [0, 0.05) is 14.1 Å². The van der Waals surface area contributed by atoms with Gasteiger partial charge in [0.25, 0.3) is 5.56 Å². The summed E-state index contributed by atoms with van der Waals surface area (Å²) < 4.78 is 4.35. The number of halogens is 1. The van der Waals surface area contributed by atoms with Crippen molar-refractivity contribution < 1.29 is 17.3 Å². The Morgan fingerprint density at radius 1 is 1.25 bits per heavy atom. The number of rotatable bonds is 3. The fraction of sp³-hybridized carbons (Fsp3) is 0.583. The molecule has 2 rings (SSSR count). The van der Waals surface area contributed by atoms with Crippen molar-refractivity contribution in [1.82, 2.24) is 18.7 Å². The molecule has 2 aromatic rings. The van der Waals surface area contributed by atoms with Crippen LogP contribution in [0.5, 0.6) is 0 Å². The van der Waals surface area contributed by atoms with Gasteiger partial charge in [0.2, 0.25) is 0 Å². The summed E-state index contributed by atoms with van der Waals surface area (Å²) >= 11 is 0. The largest absolute Gasteiger partial charge is 1.00 e. The molecule has 0 amide bonds. The smallest absolute Gasteiger partial charge is 0.332 e. The summed E-state index contributed by atoms with van der Waals surface area (Å²) in [5.41, 5.74) is 0.275. The van der Waals surface area contributed by atoms with E-state index < -0.39 is 0 Å². The van der Waals surface area contributed by atoms with E-state index >= 15 is 0 Å². The van der Waals surface area contributed by atoms with Gasteiger partial charge in [-0.25, -0.2) is 9.78 Å². The van der Waals surface area contributed by atoms with Crippen molar-refractivity contribution in [3.63, 3.8) is 0 Å². The van der Waals surface area contributed by atoms with E-state index in [1.54, 1.807) is 13.4 Å². The molecule has 0 aliphatic rings. The van der Waals surface area contributed by atoms with Gasteiger partial charge in [-0.2, -0.15) is 0 Å². The van der Waals surface area contributed by atoms with Crippen molar-refractivity contribution in [2.45, 2.75) is 19.5 Å². The molecule has 7 nitrogen and oxygen atoms in total. The van der Waals surface area contributed by atoms with Gasteiger partial charge in [0.15, 0.2) is 11.2 Å². The van der Waals surface area contributed by atoms with Crippen molar-refractivity contribution in [2.75, 3.05) is 14.1 Å². The average Bonchev–Trinajstić information content (AvgIpc) is 2.77. The maximum absolute atomic E-state index is 12.2. The molecular formula is C12H20ClN5O2. The van der Waals surface area contributed by atoms with Crippen LogP contribution in [0.25, 0.3) is 11.2 Å². The number of imidazole rings is 1. The minimum atomic E-state index is -0.353. The molecule has 0 fully saturated rings. The SMILES string of the molecule is CC(Cn1cnc2c1c(=O)n(C)c(=O)n2C)[NH+](C)C.[Cl-]. The van der Waals surface area contributed by atoms with Crippen LogP contribution < -0.4 is 28.6 Å². The van der Waals surface area contributed by atoms with Gasteiger partial charge in [0.1, 0.15) is 6.04 Å². The fourth-order valence-electron chi connectivity index (χ4n) is 2.01. The second kappa shape index (κ2) is 5.80. The molecule has 0 aliphatic heterocycles. The van der Waals surface area contributed by atoms with E-state index in [1.807, 2.05) is 4.57 Å². The first-order valence-electron chi connectivity index (χ1n) is 6.25. The molecule has 1 atom stereocenters. The van der Waals surface area contributed by atoms with E-state index in [2.05, 4.69) is 26.0 Å². The lowest BCUT2D eigenvalue weighted by Gasteiger charge is -2.17. The molecule has 0 bridgehead atoms. The molecule has 112 valence electrons. The third-order valence-electron chi connectivity index (χ3n) is 3.67. The zero-order chi connectivity index (χ0) is 14.3. The normalized spacial score (nSPS) is 12.7. The Bertz CT molecular complexity index is 728. The van der Waals surface area contributed by atoms with Crippen LogP contribution in [0.4, 0.5) is 0 Å². The number of quaternary nitrogens is 1. The molecule has 0 saturated heterocycles. The topological polar surface area (TPSA) is 66.3 Å². The van der Waals surface area contributed by atoms with E-state index in [1.165, 1.54) is 16.5 Å². The highest BCUT2D eigenvalue weighted by Gasteiger charge is 2.17. The minimum Gasteiger partial charge on any atom is -1.00 e. The highest BCUT2D eigenvalue weighted by Crippen LogP contribution is 2.05. The number of fused-ring (bicyclic) bond motifs is 1. The molecule has 2 aromatic heterocycles. The number of aryl methyl sites for hydroxylation is 1. The Morgan fingerprint density at radius 2 is 1.85 bits per heavy atom. The minimum absolute atomic E-state index is 0. The van der Waals surface area contributed by atoms with Crippen LogP contribution in [0, 0.1) is 0 Å². The lowest BCUT2D eigenvalue weighted by Crippen LogP contribution is -3.10. The van der Waals surface area contributed by atoms with Crippen LogP contribution >= 0.6 is 0 Å². The van der Waals surface area contributed by atoms with Crippen LogP contribution in [-0.2, 0) is 20.6 Å². The van der Waals surface area contributed by atoms with Crippen LogP contribution in [-0.4, -0.2) is 38.8 Å². The van der Waals surface area contributed by atoms with E-state index in [9.17, 15) is 9.59 Å². The van der Waals surface area contributed by atoms with Crippen molar-refractivity contribution in [3.05, 3.63) is 27.2 Å². The summed E-state index contributed by atoms with van der Waals surface area (Å²) in [6.07, 6.45) is 1.63. The summed E-state index contributed by atoms with van der Waals surface area (Å²) in [5, 5.41) is 0. The van der Waals surface area contributed by atoms with Gasteiger partial charge in [-0.15, -0.1) is 0 Å². The maximum atomic E-state index is 12.2. The first kappa shape index (κ1) is 16.5. The van der Waals surface area contributed by atoms with E-state index in [4.69, 9.17) is 0 Å². The number of aromatic nitrogens is 4. The van der Waals surface area contributed by atoms with Crippen molar-refractivity contribution in [3.8, 4) is 0 Å². The van der Waals surface area contributed by atoms with Crippen molar-refractivity contribution in [1.29, 1.82) is 0 Å². The summed E-state index contributed by atoms with van der Waals surface area (Å²) in [6, 6.07) is 0.347. The van der Waals surface area contributed by atoms with Crippen molar-refractivity contribution >= 4 is 11.2 Å². The zero-order valence-electron chi connectivity index (χ0n) is 12.3. The molecule has 2 heterocycles. The van der Waals surface area contributed by atoms with Gasteiger partial charge < -0.3 is 21.9 Å². The standard InChI is InChI=1S/C12H19N5O2.ClH/c1-8(14(2)3)6-17-7-13-10-9(17)11(18)16(5)12(19)15(10)4;/h7-8H,6H2,1-5H3;1H. The Kier molecular flexibility index (Phi) is 4.77. The average molecular weight is 302 g/mol. The Morgan fingerprint density at radius 3 is 2.40 bits per heavy atom. The first-order chi connectivity index (χ1) is 8.84. The number of nitrogens with one attached hydrogen (secondary N) is 1. The molecule has 20 heavy (non-hydrogen) atoms. The van der Waals surface area contributed by atoms with Gasteiger partial charge in [-0.1, -0.05) is 0 Å². The molecule has 0 aliphatic carbocycles. The number of hydrogen-bond donors (Lipinski definition) is 1. The molecule has 0 spiro atoms. The quantitative estimate of drug-likeness (QED) is 0.617. The van der Waals surface area contributed by atoms with Crippen LogP contribution in [0.2, 0.25) is 0 Å². The summed E-state index contributed by atoms with van der Waals surface area (Å²) in [7, 11) is 7.25. The van der Waals surface area contributed by atoms with Gasteiger partial charge in [-0.3, -0.25) is 13.9 Å². The molecule has 1 N–H and O–H groups in total. The molecule has 0 radical (unpaired) electrons. The summed E-state index contributed by atoms with van der Waals surface area (Å²) in [4.78, 5) is 29.5. The van der Waals surface area contributed by atoms with E-state index in [-0.39, 0.29) is 23.7 Å². The van der Waals surface area contributed by atoms with Crippen LogP contribution in [0.3, 0.4) is 0 Å². The van der Waals surface area contributed by atoms with Crippen LogP contribution in [0.15, 0.2) is 15.9 Å². The highest BCUT2D eigenvalue weighted by molar-refractivity contribution is 5.69. The monoisotopic (exact) mass is 301 g/mol. The maximum Gasteiger partial charge on any atom is 0.332 e. The Hall–Kier alpha value is -1.60. The second-order valence-corrected chi connectivity index (χ2v) is 5.25. The highest BCUT2D eigenvalue weighted by atomic mass is 35.5. The predicted octanol–water partition coefficient (Wildman–Crippen LogP) is -5.03. The van der Waals surface area contributed by atoms with E-state index in [0.717, 1.165) is 4.57 Å². The molecule has 0 saturated carbocycles. The summed E-state index contributed by atoms with van der Waals surface area (Å²) in [5.74, 6) is 0.